The molecule has 0 saturated carbocycles. The summed E-state index contributed by atoms with van der Waals surface area (Å²) in [5, 5.41) is 2.27. The number of hydrogen-bond acceptors (Lipinski definition) is 6. The molecule has 0 radical (unpaired) electrons. The molecule has 0 fully saturated rings. The van der Waals surface area contributed by atoms with E-state index >= 15 is 0 Å². The fourth-order valence-electron chi connectivity index (χ4n) is 13.5. The number of anilines is 18. The lowest BCUT2D eigenvalue weighted by molar-refractivity contribution is 1.17. The third-order valence-electron chi connectivity index (χ3n) is 17.7. The maximum absolute atomic E-state index is 2.45. The lowest BCUT2D eigenvalue weighted by Crippen LogP contribution is -2.16. The number of benzene rings is 15. The predicted octanol–water partition coefficient (Wildman–Crippen LogP) is 25.6. The van der Waals surface area contributed by atoms with Crippen molar-refractivity contribution >= 4 is 124 Å². The van der Waals surface area contributed by atoms with Crippen molar-refractivity contribution in [2.45, 2.75) is 0 Å². The van der Waals surface area contributed by atoms with Crippen LogP contribution < -0.4 is 29.4 Å². The third-order valence-corrected chi connectivity index (χ3v) is 17.7. The summed E-state index contributed by atoms with van der Waals surface area (Å²) in [6, 6.07) is 146. The highest BCUT2D eigenvalue weighted by atomic mass is 15.2. The van der Waals surface area contributed by atoms with Crippen LogP contribution in [0.2, 0.25) is 0 Å². The minimum atomic E-state index is 0.979. The Kier molecular flexibility index (Phi) is 16.3. The Morgan fingerprint density at radius 1 is 0.134 bits per heavy atom. The zero-order valence-corrected chi connectivity index (χ0v) is 53.3. The van der Waals surface area contributed by atoms with Crippen LogP contribution in [0.15, 0.2) is 406 Å². The molecule has 16 rings (SSSR count). The Balaban J connectivity index is 0.923. The van der Waals surface area contributed by atoms with Gasteiger partial charge in [-0.2, -0.15) is 0 Å². The van der Waals surface area contributed by atoms with Gasteiger partial charge in [-0.1, -0.05) is 212 Å². The van der Waals surface area contributed by atoms with Crippen LogP contribution in [0.25, 0.3) is 27.5 Å². The fraction of sp³-hybridized carbons (Fsp3) is 0. The Bertz CT molecular complexity index is 4590. The normalized spacial score (nSPS) is 11.1. The highest BCUT2D eigenvalue weighted by molar-refractivity contribution is 6.12. The average Bonchev–Trinajstić information content (AvgIpc) is 1.60. The second-order valence-electron chi connectivity index (χ2n) is 23.9. The molecule has 0 unspecified atom stereocenters. The Morgan fingerprint density at radius 2 is 0.299 bits per heavy atom. The van der Waals surface area contributed by atoms with Crippen LogP contribution in [0.5, 0.6) is 0 Å². The first-order chi connectivity index (χ1) is 48.1. The smallest absolute Gasteiger partial charge is 0.0561 e. The minimum Gasteiger partial charge on any atom is -0.310 e. The molecular formula is C90H67N7. The molecule has 0 aliphatic carbocycles. The summed E-state index contributed by atoms with van der Waals surface area (Å²) in [7, 11) is 0. The predicted molar refractivity (Wildman–Crippen MR) is 409 cm³/mol. The van der Waals surface area contributed by atoms with Gasteiger partial charge in [0, 0.05) is 84.7 Å². The lowest BCUT2D eigenvalue weighted by Gasteiger charge is -2.33. The van der Waals surface area contributed by atoms with Gasteiger partial charge in [-0.15, -0.1) is 0 Å². The van der Waals surface area contributed by atoms with E-state index in [-0.39, 0.29) is 0 Å². The Morgan fingerprint density at radius 3 is 0.485 bits per heavy atom. The number of aromatic nitrogens is 1. The van der Waals surface area contributed by atoms with Crippen molar-refractivity contribution in [3.63, 3.8) is 0 Å². The van der Waals surface area contributed by atoms with E-state index < -0.39 is 0 Å². The number of rotatable bonds is 19. The highest BCUT2D eigenvalue weighted by Gasteiger charge is 2.27. The summed E-state index contributed by atoms with van der Waals surface area (Å²) in [5.74, 6) is 0. The number of fused-ring (bicyclic) bond motifs is 3. The molecule has 97 heavy (non-hydrogen) atoms. The number of nitrogens with zero attached hydrogens (tertiary/aromatic N) is 7. The van der Waals surface area contributed by atoms with Gasteiger partial charge in [0.15, 0.2) is 0 Å². The van der Waals surface area contributed by atoms with Crippen molar-refractivity contribution in [2.24, 2.45) is 0 Å². The van der Waals surface area contributed by atoms with Crippen LogP contribution in [0.3, 0.4) is 0 Å². The molecule has 0 aliphatic rings. The molecule has 7 nitrogen and oxygen atoms in total. The van der Waals surface area contributed by atoms with Gasteiger partial charge in [-0.05, 0) is 194 Å². The summed E-state index contributed by atoms with van der Waals surface area (Å²) in [5.41, 5.74) is 21.5. The first-order valence-electron chi connectivity index (χ1n) is 32.9. The summed E-state index contributed by atoms with van der Waals surface area (Å²) >= 11 is 0. The SMILES string of the molecule is c1ccc(N(c2ccccc2)c2cc(N(c3ccccc3)c3ccccc3)cc(N(c3ccccc3)c3ccc4c5ccc(N(c6ccccc6)c6cc(N(c7ccccc7)c7ccccc7)cc(N(c7ccccc7)c7ccccc7)c6)cc5n(-c5ccccc5)c4c3)c2)cc1. The zero-order valence-electron chi connectivity index (χ0n) is 53.3. The van der Waals surface area contributed by atoms with E-state index in [1.54, 1.807) is 0 Å². The van der Waals surface area contributed by atoms with Crippen LogP contribution in [0.4, 0.5) is 102 Å². The maximum Gasteiger partial charge on any atom is 0.0561 e. The first kappa shape index (κ1) is 58.9. The molecule has 0 aliphatic heterocycles. The molecule has 1 heterocycles. The molecule has 462 valence electrons. The number of hydrogen-bond donors (Lipinski definition) is 0. The summed E-state index contributed by atoms with van der Waals surface area (Å²) in [6.45, 7) is 0. The fourth-order valence-corrected chi connectivity index (χ4v) is 13.5. The molecule has 0 atom stereocenters. The van der Waals surface area contributed by atoms with E-state index in [4.69, 9.17) is 0 Å². The zero-order chi connectivity index (χ0) is 64.7. The van der Waals surface area contributed by atoms with Crippen molar-refractivity contribution in [2.75, 3.05) is 29.4 Å². The second kappa shape index (κ2) is 26.9. The van der Waals surface area contributed by atoms with Crippen LogP contribution in [0.1, 0.15) is 0 Å². The van der Waals surface area contributed by atoms with Gasteiger partial charge in [0.25, 0.3) is 0 Å². The van der Waals surface area contributed by atoms with E-state index in [2.05, 4.69) is 440 Å². The standard InChI is InChI=1S/C90H67N7/c1-12-34-68(35-13-1)91(69-36-14-2-15-37-69)81-60-82(92(70-38-16-3-17-39-70)71-40-18-4-19-41-71)63-85(62-81)95(76-50-28-9-29-51-76)79-56-58-87-88-59-57-80(67-90(88)97(89(87)66-79)78-54-32-11-33-55-78)96(77-52-30-10-31-53-77)86-64-83(93(72-42-20-5-21-43-72)73-44-22-6-23-45-73)61-84(65-86)94(74-46-24-7-25-47-74)75-48-26-8-27-49-75/h1-67H. The minimum absolute atomic E-state index is 0.979. The maximum atomic E-state index is 2.45. The molecule has 0 saturated heterocycles. The van der Waals surface area contributed by atoms with Gasteiger partial charge in [-0.25, -0.2) is 0 Å². The molecular weight excluding hydrogens is 1180 g/mol. The van der Waals surface area contributed by atoms with Crippen molar-refractivity contribution in [1.29, 1.82) is 0 Å². The highest BCUT2D eigenvalue weighted by Crippen LogP contribution is 2.50. The summed E-state index contributed by atoms with van der Waals surface area (Å²) in [6.07, 6.45) is 0. The van der Waals surface area contributed by atoms with Gasteiger partial charge in [0.05, 0.1) is 45.2 Å². The van der Waals surface area contributed by atoms with Crippen LogP contribution in [0, 0.1) is 0 Å². The summed E-state index contributed by atoms with van der Waals surface area (Å²) < 4.78 is 2.45. The van der Waals surface area contributed by atoms with E-state index in [1.165, 1.54) is 0 Å². The quantitative estimate of drug-likeness (QED) is 0.0800. The number of para-hydroxylation sites is 11. The van der Waals surface area contributed by atoms with Gasteiger partial charge >= 0.3 is 0 Å². The van der Waals surface area contributed by atoms with Crippen LogP contribution >= 0.6 is 0 Å². The van der Waals surface area contributed by atoms with E-state index in [0.717, 1.165) is 130 Å². The largest absolute Gasteiger partial charge is 0.310 e. The summed E-state index contributed by atoms with van der Waals surface area (Å²) in [4.78, 5) is 14.3. The Labute approximate surface area is 567 Å². The van der Waals surface area contributed by atoms with Crippen molar-refractivity contribution in [1.82, 2.24) is 4.57 Å². The molecule has 0 bridgehead atoms. The van der Waals surface area contributed by atoms with Crippen molar-refractivity contribution in [3.05, 3.63) is 406 Å². The van der Waals surface area contributed by atoms with Crippen molar-refractivity contribution in [3.8, 4) is 5.69 Å². The molecule has 1 aromatic heterocycles. The van der Waals surface area contributed by atoms with Gasteiger partial charge < -0.3 is 34.0 Å². The molecule has 0 amide bonds. The van der Waals surface area contributed by atoms with Gasteiger partial charge in [0.1, 0.15) is 0 Å². The molecule has 7 heteroatoms. The topological polar surface area (TPSA) is 24.4 Å². The molecule has 0 N–H and O–H groups in total. The Hall–Kier alpha value is -13.1. The van der Waals surface area contributed by atoms with E-state index in [1.807, 2.05) is 0 Å². The van der Waals surface area contributed by atoms with Crippen molar-refractivity contribution < 1.29 is 0 Å². The molecule has 0 spiro atoms. The molecule has 15 aromatic carbocycles. The van der Waals surface area contributed by atoms with E-state index in [0.29, 0.717) is 0 Å². The second-order valence-corrected chi connectivity index (χ2v) is 23.9. The average molecular weight is 1250 g/mol. The third kappa shape index (κ3) is 12.0. The van der Waals surface area contributed by atoms with Crippen LogP contribution in [-0.2, 0) is 0 Å². The molecule has 16 aromatic rings. The van der Waals surface area contributed by atoms with Gasteiger partial charge in [-0.3, -0.25) is 0 Å². The lowest BCUT2D eigenvalue weighted by atomic mass is 10.1. The monoisotopic (exact) mass is 1250 g/mol. The van der Waals surface area contributed by atoms with E-state index in [9.17, 15) is 0 Å². The van der Waals surface area contributed by atoms with Gasteiger partial charge in [0.2, 0.25) is 0 Å². The first-order valence-corrected chi connectivity index (χ1v) is 32.9. The van der Waals surface area contributed by atoms with Crippen LogP contribution in [-0.4, -0.2) is 4.57 Å².